The van der Waals surface area contributed by atoms with Gasteiger partial charge in [-0.15, -0.1) is 0 Å². The Bertz CT molecular complexity index is 200. The lowest BCUT2D eigenvalue weighted by atomic mass is 10.1. The van der Waals surface area contributed by atoms with Crippen LogP contribution in [0.5, 0.6) is 0 Å². The van der Waals surface area contributed by atoms with E-state index < -0.39 is 18.2 Å². The zero-order valence-corrected chi connectivity index (χ0v) is 7.53. The molecule has 0 aromatic carbocycles. The van der Waals surface area contributed by atoms with Gasteiger partial charge in [-0.05, 0) is 6.42 Å². The van der Waals surface area contributed by atoms with Crippen molar-refractivity contribution in [3.63, 3.8) is 0 Å². The second-order valence-electron chi connectivity index (χ2n) is 2.77. The Balaban J connectivity index is 4.03. The van der Waals surface area contributed by atoms with Gasteiger partial charge in [0, 0.05) is 0 Å². The Hall–Kier alpha value is -1.28. The minimum absolute atomic E-state index is 0.484. The fourth-order valence-electron chi connectivity index (χ4n) is 0.982. The van der Waals surface area contributed by atoms with Crippen LogP contribution >= 0.6 is 0 Å². The number of rotatable bonds is 5. The van der Waals surface area contributed by atoms with E-state index in [9.17, 15) is 4.79 Å². The van der Waals surface area contributed by atoms with Gasteiger partial charge >= 0.3 is 6.09 Å². The van der Waals surface area contributed by atoms with Gasteiger partial charge in [-0.3, -0.25) is 0 Å². The van der Waals surface area contributed by atoms with Crippen molar-refractivity contribution in [2.24, 2.45) is 0 Å². The fraction of sp³-hybridized carbons (Fsp3) is 0.750. The van der Waals surface area contributed by atoms with Crippen LogP contribution in [-0.2, 0) is 0 Å². The Kier molecular flexibility index (Phi) is 5.64. The minimum atomic E-state index is -1.26. The molecule has 0 saturated carbocycles. The topological polar surface area (TPSA) is 93.3 Å². The number of nitrogens with one attached hydrogen (secondary N) is 1. The number of hydrogen-bond acceptors (Lipinski definition) is 3. The van der Waals surface area contributed by atoms with Gasteiger partial charge in [0.15, 0.2) is 6.10 Å². The van der Waals surface area contributed by atoms with Crippen molar-refractivity contribution in [3.05, 3.63) is 0 Å². The molecule has 5 heteroatoms. The van der Waals surface area contributed by atoms with Crippen LogP contribution in [0.3, 0.4) is 0 Å². The van der Waals surface area contributed by atoms with E-state index in [1.165, 1.54) is 0 Å². The first-order valence-electron chi connectivity index (χ1n) is 4.19. The summed E-state index contributed by atoms with van der Waals surface area (Å²) in [6, 6.07) is 0.931. The molecule has 5 nitrogen and oxygen atoms in total. The summed E-state index contributed by atoms with van der Waals surface area (Å²) in [5, 5.41) is 28.0. The van der Waals surface area contributed by atoms with E-state index in [0.717, 1.165) is 12.8 Å². The van der Waals surface area contributed by atoms with E-state index in [2.05, 4.69) is 5.32 Å². The van der Waals surface area contributed by atoms with Gasteiger partial charge in [0.25, 0.3) is 0 Å². The van der Waals surface area contributed by atoms with Crippen LogP contribution in [0.15, 0.2) is 0 Å². The SMILES string of the molecule is CCCC[C@H](NC(=O)O)C(O)C#N. The van der Waals surface area contributed by atoms with Crippen LogP contribution in [0.4, 0.5) is 4.79 Å². The van der Waals surface area contributed by atoms with Gasteiger partial charge in [0.2, 0.25) is 0 Å². The number of unbranched alkanes of at least 4 members (excludes halogenated alkanes) is 1. The summed E-state index contributed by atoms with van der Waals surface area (Å²) >= 11 is 0. The third kappa shape index (κ3) is 5.04. The molecule has 0 aromatic heterocycles. The lowest BCUT2D eigenvalue weighted by molar-refractivity contribution is 0.150. The second-order valence-corrected chi connectivity index (χ2v) is 2.77. The average molecular weight is 186 g/mol. The summed E-state index contributed by atoms with van der Waals surface area (Å²) in [7, 11) is 0. The van der Waals surface area contributed by atoms with Crippen LogP contribution in [0.2, 0.25) is 0 Å². The molecule has 2 atom stereocenters. The number of aliphatic hydroxyl groups excluding tert-OH is 1. The molecule has 1 unspecified atom stereocenters. The number of carbonyl (C=O) groups is 1. The van der Waals surface area contributed by atoms with Gasteiger partial charge in [-0.1, -0.05) is 19.8 Å². The van der Waals surface area contributed by atoms with Crippen LogP contribution < -0.4 is 5.32 Å². The zero-order valence-electron chi connectivity index (χ0n) is 7.53. The quantitative estimate of drug-likeness (QED) is 0.551. The molecule has 0 aliphatic carbocycles. The highest BCUT2D eigenvalue weighted by molar-refractivity contribution is 5.65. The average Bonchev–Trinajstić information content (AvgIpc) is 2.10. The summed E-state index contributed by atoms with van der Waals surface area (Å²) in [6.45, 7) is 1.95. The molecule has 0 fully saturated rings. The molecule has 0 radical (unpaired) electrons. The van der Waals surface area contributed by atoms with E-state index in [1.807, 2.05) is 6.92 Å². The van der Waals surface area contributed by atoms with E-state index in [1.54, 1.807) is 6.07 Å². The van der Waals surface area contributed by atoms with Crippen molar-refractivity contribution in [2.45, 2.75) is 38.3 Å². The molecule has 0 saturated heterocycles. The molecule has 0 bridgehead atoms. The third-order valence-corrected chi connectivity index (χ3v) is 1.69. The monoisotopic (exact) mass is 186 g/mol. The number of carboxylic acid groups (broad SMARTS) is 1. The summed E-state index contributed by atoms with van der Waals surface area (Å²) < 4.78 is 0. The third-order valence-electron chi connectivity index (χ3n) is 1.69. The van der Waals surface area contributed by atoms with Crippen LogP contribution in [-0.4, -0.2) is 28.5 Å². The smallest absolute Gasteiger partial charge is 0.405 e. The maximum absolute atomic E-state index is 10.3. The number of aliphatic hydroxyl groups is 1. The Morgan fingerprint density at radius 1 is 1.69 bits per heavy atom. The van der Waals surface area contributed by atoms with Crippen molar-refractivity contribution < 1.29 is 15.0 Å². The van der Waals surface area contributed by atoms with E-state index in [4.69, 9.17) is 15.5 Å². The molecule has 3 N–H and O–H groups in total. The normalized spacial score (nSPS) is 14.2. The zero-order chi connectivity index (χ0) is 10.3. The van der Waals surface area contributed by atoms with E-state index >= 15 is 0 Å². The Labute approximate surface area is 77.0 Å². The van der Waals surface area contributed by atoms with Crippen molar-refractivity contribution in [2.75, 3.05) is 0 Å². The van der Waals surface area contributed by atoms with Gasteiger partial charge in [-0.2, -0.15) is 5.26 Å². The molecule has 0 rings (SSSR count). The molecule has 74 valence electrons. The molecular formula is C8H14N2O3. The number of nitriles is 1. The maximum Gasteiger partial charge on any atom is 0.405 e. The van der Waals surface area contributed by atoms with Crippen LogP contribution in [0, 0.1) is 11.3 Å². The molecule has 0 heterocycles. The molecule has 0 aromatic rings. The van der Waals surface area contributed by atoms with Gasteiger partial charge in [0.1, 0.15) is 0 Å². The Morgan fingerprint density at radius 3 is 2.69 bits per heavy atom. The van der Waals surface area contributed by atoms with E-state index in [0.29, 0.717) is 6.42 Å². The lowest BCUT2D eigenvalue weighted by Gasteiger charge is -2.17. The van der Waals surface area contributed by atoms with Crippen molar-refractivity contribution in [3.8, 4) is 6.07 Å². The van der Waals surface area contributed by atoms with E-state index in [-0.39, 0.29) is 0 Å². The van der Waals surface area contributed by atoms with Crippen LogP contribution in [0.1, 0.15) is 26.2 Å². The summed E-state index contributed by atoms with van der Waals surface area (Å²) in [5.41, 5.74) is 0. The first-order chi connectivity index (χ1) is 6.11. The lowest BCUT2D eigenvalue weighted by Crippen LogP contribution is -2.42. The molecule has 0 aliphatic heterocycles. The molecule has 13 heavy (non-hydrogen) atoms. The van der Waals surface area contributed by atoms with Crippen molar-refractivity contribution in [1.82, 2.24) is 5.32 Å². The first-order valence-corrected chi connectivity index (χ1v) is 4.19. The van der Waals surface area contributed by atoms with Gasteiger partial charge in [-0.25, -0.2) is 4.79 Å². The second kappa shape index (κ2) is 6.26. The first kappa shape index (κ1) is 11.7. The standard InChI is InChI=1S/C8H14N2O3/c1-2-3-4-6(7(11)5-9)10-8(12)13/h6-7,10-11H,2-4H2,1H3,(H,12,13)/t6-,7?/m0/s1. The number of amides is 1. The Morgan fingerprint density at radius 2 is 2.31 bits per heavy atom. The van der Waals surface area contributed by atoms with Gasteiger partial charge < -0.3 is 15.5 Å². The van der Waals surface area contributed by atoms with Crippen molar-refractivity contribution in [1.29, 1.82) is 5.26 Å². The summed E-state index contributed by atoms with van der Waals surface area (Å²) in [4.78, 5) is 10.3. The largest absolute Gasteiger partial charge is 0.465 e. The molecule has 0 aliphatic rings. The molecule has 0 spiro atoms. The van der Waals surface area contributed by atoms with Gasteiger partial charge in [0.05, 0.1) is 12.1 Å². The van der Waals surface area contributed by atoms with Crippen LogP contribution in [0.25, 0.3) is 0 Å². The summed E-state index contributed by atoms with van der Waals surface area (Å²) in [5.74, 6) is 0. The highest BCUT2D eigenvalue weighted by Crippen LogP contribution is 2.04. The predicted octanol–water partition coefficient (Wildman–Crippen LogP) is 0.697. The predicted molar refractivity (Wildman–Crippen MR) is 46.1 cm³/mol. The highest BCUT2D eigenvalue weighted by atomic mass is 16.4. The number of nitrogens with zero attached hydrogens (tertiary/aromatic N) is 1. The van der Waals surface area contributed by atoms with Crippen molar-refractivity contribution >= 4 is 6.09 Å². The number of hydrogen-bond donors (Lipinski definition) is 3. The molecule has 1 amide bonds. The molecular weight excluding hydrogens is 172 g/mol. The highest BCUT2D eigenvalue weighted by Gasteiger charge is 2.19. The summed E-state index contributed by atoms with van der Waals surface area (Å²) in [6.07, 6.45) is -0.310. The fourth-order valence-corrected chi connectivity index (χ4v) is 0.982. The maximum atomic E-state index is 10.3. The minimum Gasteiger partial charge on any atom is -0.465 e.